The molecule has 4 N–H and O–H groups in total. The topological polar surface area (TPSA) is 143 Å². The minimum atomic E-state index is -1.83. The van der Waals surface area contributed by atoms with Crippen LogP contribution >= 0.6 is 0 Å². The van der Waals surface area contributed by atoms with Crippen LogP contribution in [-0.2, 0) is 14.9 Å². The molecule has 5 rings (SSSR count). The molecule has 2 saturated heterocycles. The normalized spacial score (nSPS) is 42.5. The Bertz CT molecular complexity index is 901. The molecule has 2 aliphatic carbocycles. The molecule has 176 valence electrons. The molecule has 4 aliphatic rings. The van der Waals surface area contributed by atoms with Crippen molar-refractivity contribution in [2.45, 2.75) is 80.4 Å². The second kappa shape index (κ2) is 9.37. The van der Waals surface area contributed by atoms with Crippen LogP contribution in [0.25, 0.3) is 0 Å². The van der Waals surface area contributed by atoms with Crippen molar-refractivity contribution in [3.8, 4) is 5.75 Å². The molecule has 1 saturated carbocycles. The van der Waals surface area contributed by atoms with E-state index >= 15 is 0 Å². The van der Waals surface area contributed by atoms with Gasteiger partial charge in [-0.15, -0.1) is 0 Å². The third-order valence-electron chi connectivity index (χ3n) is 8.19. The zero-order valence-corrected chi connectivity index (χ0v) is 21.0. The molecule has 3 fully saturated rings. The number of hydrogen-bond acceptors (Lipinski definition) is 9. The quantitative estimate of drug-likeness (QED) is 0.323. The monoisotopic (exact) mass is 471 g/mol. The summed E-state index contributed by atoms with van der Waals surface area (Å²) in [6.45, 7) is 0.893. The fourth-order valence-electron chi connectivity index (χ4n) is 6.59. The molecule has 1 aromatic rings. The SMILES string of the molecule is CN1CC[C@@]23CCCC[C@@H]2[C@@H]1[C@H](O)c1ccc(O[C@@H]2O[C@H](C(=O)[O-])[C@@H](O)[C@H](O)[C@H]2O)cc13.[Na+]. The van der Waals surface area contributed by atoms with E-state index in [1.807, 2.05) is 12.1 Å². The molecule has 2 bridgehead atoms. The van der Waals surface area contributed by atoms with Gasteiger partial charge < -0.3 is 44.7 Å². The van der Waals surface area contributed by atoms with Gasteiger partial charge in [-0.3, -0.25) is 0 Å². The van der Waals surface area contributed by atoms with Gasteiger partial charge >= 0.3 is 29.6 Å². The maximum absolute atomic E-state index is 11.3. The molecule has 33 heavy (non-hydrogen) atoms. The van der Waals surface area contributed by atoms with Crippen LogP contribution in [0.2, 0.25) is 0 Å². The van der Waals surface area contributed by atoms with Crippen LogP contribution in [0.1, 0.15) is 49.3 Å². The van der Waals surface area contributed by atoms with Gasteiger partial charge in [0.1, 0.15) is 30.2 Å². The van der Waals surface area contributed by atoms with Crippen molar-refractivity contribution in [2.24, 2.45) is 5.92 Å². The molecule has 2 heterocycles. The first-order valence-corrected chi connectivity index (χ1v) is 11.3. The fourth-order valence-corrected chi connectivity index (χ4v) is 6.59. The Balaban J connectivity index is 0.00000259. The number of piperidine rings is 1. The second-order valence-electron chi connectivity index (χ2n) is 9.76. The summed E-state index contributed by atoms with van der Waals surface area (Å²) in [6.07, 6.45) is -3.83. The van der Waals surface area contributed by atoms with Crippen molar-refractivity contribution in [3.63, 3.8) is 0 Å². The largest absolute Gasteiger partial charge is 1.00 e. The number of nitrogens with zero attached hydrogens (tertiary/aromatic N) is 1. The van der Waals surface area contributed by atoms with Crippen LogP contribution in [-0.4, -0.2) is 81.6 Å². The number of carboxylic acid groups (broad SMARTS) is 1. The maximum atomic E-state index is 11.3. The van der Waals surface area contributed by atoms with Gasteiger partial charge in [-0.25, -0.2) is 0 Å². The number of carbonyl (C=O) groups excluding carboxylic acids is 1. The number of benzene rings is 1. The van der Waals surface area contributed by atoms with Gasteiger partial charge in [0, 0.05) is 11.5 Å². The number of aliphatic hydroxyl groups is 4. The zero-order valence-electron chi connectivity index (χ0n) is 19.0. The molecule has 0 unspecified atom stereocenters. The molecule has 0 aromatic heterocycles. The molecular weight excluding hydrogens is 441 g/mol. The summed E-state index contributed by atoms with van der Waals surface area (Å²) in [5.74, 6) is -1.02. The van der Waals surface area contributed by atoms with Crippen molar-refractivity contribution in [3.05, 3.63) is 29.3 Å². The molecule has 0 amide bonds. The van der Waals surface area contributed by atoms with Crippen LogP contribution < -0.4 is 39.4 Å². The van der Waals surface area contributed by atoms with E-state index in [1.54, 1.807) is 6.07 Å². The van der Waals surface area contributed by atoms with E-state index < -0.39 is 42.8 Å². The summed E-state index contributed by atoms with van der Waals surface area (Å²) in [7, 11) is 2.07. The third kappa shape index (κ3) is 3.95. The van der Waals surface area contributed by atoms with Gasteiger partial charge in [0.15, 0.2) is 0 Å². The smallest absolute Gasteiger partial charge is 0.547 e. The summed E-state index contributed by atoms with van der Waals surface area (Å²) >= 11 is 0. The van der Waals surface area contributed by atoms with Crippen LogP contribution in [0.5, 0.6) is 5.75 Å². The van der Waals surface area contributed by atoms with Crippen molar-refractivity contribution in [1.82, 2.24) is 4.90 Å². The Morgan fingerprint density at radius 3 is 2.64 bits per heavy atom. The van der Waals surface area contributed by atoms with E-state index in [9.17, 15) is 30.3 Å². The van der Waals surface area contributed by atoms with Gasteiger partial charge in [-0.2, -0.15) is 0 Å². The van der Waals surface area contributed by atoms with Crippen LogP contribution in [0.4, 0.5) is 0 Å². The molecule has 0 radical (unpaired) electrons. The van der Waals surface area contributed by atoms with Crippen LogP contribution in [0.15, 0.2) is 18.2 Å². The Morgan fingerprint density at radius 1 is 1.15 bits per heavy atom. The molecule has 2 aliphatic heterocycles. The molecule has 1 aromatic carbocycles. The van der Waals surface area contributed by atoms with Gasteiger partial charge in [-0.1, -0.05) is 18.9 Å². The number of likely N-dealkylation sites (N-methyl/N-ethyl adjacent to an activating group) is 1. The Hall–Kier alpha value is -0.750. The van der Waals surface area contributed by atoms with Gasteiger partial charge in [-0.05, 0) is 62.0 Å². The van der Waals surface area contributed by atoms with E-state index in [-0.39, 0.29) is 41.0 Å². The summed E-state index contributed by atoms with van der Waals surface area (Å²) in [6, 6.07) is 5.41. The third-order valence-corrected chi connectivity index (χ3v) is 8.19. The number of carbonyl (C=O) groups is 1. The van der Waals surface area contributed by atoms with E-state index in [1.165, 1.54) is 0 Å². The number of likely N-dealkylation sites (tertiary alicyclic amines) is 1. The van der Waals surface area contributed by atoms with E-state index in [0.29, 0.717) is 11.7 Å². The number of hydrogen-bond donors (Lipinski definition) is 4. The second-order valence-corrected chi connectivity index (χ2v) is 9.76. The first kappa shape index (κ1) is 25.3. The number of aliphatic carboxylic acids is 1. The summed E-state index contributed by atoms with van der Waals surface area (Å²) < 4.78 is 11.0. The number of fused-ring (bicyclic) bond motifs is 1. The average molecular weight is 471 g/mol. The van der Waals surface area contributed by atoms with Crippen molar-refractivity contribution in [2.75, 3.05) is 13.6 Å². The van der Waals surface area contributed by atoms with Crippen molar-refractivity contribution < 1.29 is 69.4 Å². The van der Waals surface area contributed by atoms with Crippen LogP contribution in [0, 0.1) is 5.92 Å². The summed E-state index contributed by atoms with van der Waals surface area (Å²) in [4.78, 5) is 13.5. The first-order valence-electron chi connectivity index (χ1n) is 11.3. The molecular formula is C23H30NNaO8. The van der Waals surface area contributed by atoms with Gasteiger partial charge in [0.2, 0.25) is 6.29 Å². The van der Waals surface area contributed by atoms with Crippen molar-refractivity contribution >= 4 is 5.97 Å². The molecule has 10 heteroatoms. The number of rotatable bonds is 3. The Morgan fingerprint density at radius 2 is 1.91 bits per heavy atom. The van der Waals surface area contributed by atoms with Gasteiger partial charge in [0.05, 0.1) is 12.1 Å². The van der Waals surface area contributed by atoms with E-state index in [4.69, 9.17) is 9.47 Å². The number of ether oxygens (including phenoxy) is 2. The van der Waals surface area contributed by atoms with Crippen molar-refractivity contribution in [1.29, 1.82) is 0 Å². The standard InChI is InChI=1S/C23H31NO8.Na/c1-24-9-8-23-7-3-2-4-13(23)15(24)16(25)12-6-5-11(10-14(12)23)31-22-19(28)17(26)18(27)20(32-22)21(29)30;/h5-6,10,13,15-20,22,25-28H,2-4,7-9H2,1H3,(H,29,30);/q;+1/p-1/t13-,15-,16-,17+,18+,19-,20+,22-,23+;/m1./s1. The predicted molar refractivity (Wildman–Crippen MR) is 108 cm³/mol. The predicted octanol–water partition coefficient (Wildman–Crippen LogP) is -4.19. The molecule has 9 atom stereocenters. The maximum Gasteiger partial charge on any atom is 1.00 e. The molecule has 9 nitrogen and oxygen atoms in total. The zero-order chi connectivity index (χ0) is 22.8. The van der Waals surface area contributed by atoms with E-state index in [2.05, 4.69) is 11.9 Å². The number of aliphatic hydroxyl groups excluding tert-OH is 4. The minimum absolute atomic E-state index is 0. The summed E-state index contributed by atoms with van der Waals surface area (Å²) in [5.41, 5.74) is 1.86. The number of carboxylic acids is 1. The van der Waals surface area contributed by atoms with E-state index in [0.717, 1.165) is 49.8 Å². The minimum Gasteiger partial charge on any atom is -0.547 e. The van der Waals surface area contributed by atoms with Gasteiger partial charge in [0.25, 0.3) is 0 Å². The Kier molecular flexibility index (Phi) is 7.20. The fraction of sp³-hybridized carbons (Fsp3) is 0.696. The molecule has 0 spiro atoms. The van der Waals surface area contributed by atoms with Crippen LogP contribution in [0.3, 0.4) is 0 Å². The first-order chi connectivity index (χ1) is 15.2. The summed E-state index contributed by atoms with van der Waals surface area (Å²) in [5, 5.41) is 52.7. The average Bonchev–Trinajstić information content (AvgIpc) is 2.78. The Labute approximate surface area is 214 Å².